The van der Waals surface area contributed by atoms with Crippen LogP contribution >= 0.6 is 0 Å². The Hall–Kier alpha value is -2.89. The molecule has 1 amide bonds. The molecule has 3 heterocycles. The predicted molar refractivity (Wildman–Crippen MR) is 102 cm³/mol. The number of piperidine rings is 1. The van der Waals surface area contributed by atoms with Crippen LogP contribution in [-0.4, -0.2) is 52.6 Å². The average molecular weight is 349 g/mol. The number of carbonyl (C=O) groups excluding carboxylic acids is 1. The highest BCUT2D eigenvalue weighted by molar-refractivity contribution is 5.94. The van der Waals surface area contributed by atoms with Gasteiger partial charge in [-0.05, 0) is 31.0 Å². The predicted octanol–water partition coefficient (Wildman–Crippen LogP) is 2.82. The van der Waals surface area contributed by atoms with Crippen LogP contribution in [0.3, 0.4) is 0 Å². The van der Waals surface area contributed by atoms with E-state index >= 15 is 0 Å². The second-order valence-corrected chi connectivity index (χ2v) is 7.00. The molecule has 3 aromatic rings. The molecule has 1 fully saturated rings. The summed E-state index contributed by atoms with van der Waals surface area (Å²) >= 11 is 0. The van der Waals surface area contributed by atoms with Crippen molar-refractivity contribution in [2.45, 2.75) is 18.8 Å². The van der Waals surface area contributed by atoms with Gasteiger partial charge in [0.2, 0.25) is 0 Å². The zero-order valence-corrected chi connectivity index (χ0v) is 15.2. The van der Waals surface area contributed by atoms with Gasteiger partial charge in [-0.3, -0.25) is 4.79 Å². The quantitative estimate of drug-likeness (QED) is 0.730. The molecule has 6 nitrogen and oxygen atoms in total. The van der Waals surface area contributed by atoms with E-state index in [1.54, 1.807) is 6.20 Å². The van der Waals surface area contributed by atoms with Gasteiger partial charge >= 0.3 is 0 Å². The number of amides is 1. The molecule has 1 aliphatic rings. The molecule has 1 aromatic carbocycles. The third kappa shape index (κ3) is 3.03. The molecule has 0 aliphatic carbocycles. The minimum atomic E-state index is 0.100. The third-order valence-corrected chi connectivity index (χ3v) is 4.96. The lowest BCUT2D eigenvalue weighted by atomic mass is 9.94. The summed E-state index contributed by atoms with van der Waals surface area (Å²) in [6, 6.07) is 11.5. The summed E-state index contributed by atoms with van der Waals surface area (Å²) in [4.78, 5) is 21.7. The van der Waals surface area contributed by atoms with E-state index in [1.165, 1.54) is 0 Å². The number of fused-ring (bicyclic) bond motifs is 1. The monoisotopic (exact) mass is 349 g/mol. The molecule has 0 unspecified atom stereocenters. The lowest BCUT2D eigenvalue weighted by Crippen LogP contribution is -2.39. The summed E-state index contributed by atoms with van der Waals surface area (Å²) in [6.45, 7) is 1.50. The fraction of sp³-hybridized carbons (Fsp3) is 0.350. The van der Waals surface area contributed by atoms with Crippen molar-refractivity contribution in [3.8, 4) is 0 Å². The van der Waals surface area contributed by atoms with Crippen molar-refractivity contribution >= 4 is 17.2 Å². The molecule has 6 heteroatoms. The molecule has 4 rings (SSSR count). The zero-order valence-electron chi connectivity index (χ0n) is 15.2. The molecule has 134 valence electrons. The number of rotatable bonds is 3. The van der Waals surface area contributed by atoms with Crippen LogP contribution in [0.2, 0.25) is 0 Å². The van der Waals surface area contributed by atoms with E-state index in [2.05, 4.69) is 5.10 Å². The van der Waals surface area contributed by atoms with E-state index in [1.807, 2.05) is 71.0 Å². The van der Waals surface area contributed by atoms with E-state index in [0.717, 1.165) is 42.0 Å². The fourth-order valence-electron chi connectivity index (χ4n) is 3.62. The molecule has 1 aliphatic heterocycles. The number of aromatic nitrogens is 3. The number of carbonyl (C=O) groups is 1. The van der Waals surface area contributed by atoms with Crippen LogP contribution in [0.1, 0.15) is 34.8 Å². The van der Waals surface area contributed by atoms with Gasteiger partial charge in [0, 0.05) is 38.7 Å². The van der Waals surface area contributed by atoms with E-state index < -0.39 is 0 Å². The second-order valence-electron chi connectivity index (χ2n) is 7.00. The van der Waals surface area contributed by atoms with Crippen molar-refractivity contribution in [1.29, 1.82) is 0 Å². The summed E-state index contributed by atoms with van der Waals surface area (Å²) in [7, 11) is 3.98. The molecule has 1 saturated heterocycles. The standard InChI is InChI=1S/C20H23N5O/c1-23(2)19-18-10-11-21-25(18)14-17(22-19)16-9-6-12-24(13-16)20(26)15-7-4-3-5-8-15/h3-5,7-8,10-11,14,16H,6,9,12-13H2,1-2H3/t16-/m0/s1. The van der Waals surface area contributed by atoms with E-state index in [0.29, 0.717) is 6.54 Å². The van der Waals surface area contributed by atoms with Crippen LogP contribution in [0, 0.1) is 0 Å². The topological polar surface area (TPSA) is 53.7 Å². The lowest BCUT2D eigenvalue weighted by molar-refractivity contribution is 0.0706. The van der Waals surface area contributed by atoms with Gasteiger partial charge in [0.1, 0.15) is 5.52 Å². The molecule has 1 atom stereocenters. The molecule has 0 spiro atoms. The normalized spacial score (nSPS) is 17.5. The largest absolute Gasteiger partial charge is 0.361 e. The van der Waals surface area contributed by atoms with Gasteiger partial charge < -0.3 is 9.80 Å². The Kier molecular flexibility index (Phi) is 4.32. The van der Waals surface area contributed by atoms with Gasteiger partial charge in [0.25, 0.3) is 5.91 Å². The maximum absolute atomic E-state index is 12.8. The second kappa shape index (κ2) is 6.78. The van der Waals surface area contributed by atoms with Crippen molar-refractivity contribution in [2.75, 3.05) is 32.1 Å². The molecule has 0 saturated carbocycles. The van der Waals surface area contributed by atoms with Gasteiger partial charge in [-0.1, -0.05) is 18.2 Å². The number of anilines is 1. The summed E-state index contributed by atoms with van der Waals surface area (Å²) < 4.78 is 1.88. The highest BCUT2D eigenvalue weighted by atomic mass is 16.2. The summed E-state index contributed by atoms with van der Waals surface area (Å²) in [5.74, 6) is 1.23. The molecule has 0 N–H and O–H groups in total. The van der Waals surface area contributed by atoms with E-state index in [-0.39, 0.29) is 11.8 Å². The van der Waals surface area contributed by atoms with E-state index in [9.17, 15) is 4.79 Å². The first-order chi connectivity index (χ1) is 12.6. The highest BCUT2D eigenvalue weighted by Crippen LogP contribution is 2.29. The van der Waals surface area contributed by atoms with Crippen molar-refractivity contribution in [3.63, 3.8) is 0 Å². The Bertz CT molecular complexity index is 918. The number of likely N-dealkylation sites (tertiary alicyclic amines) is 1. The van der Waals surface area contributed by atoms with Gasteiger partial charge in [0.15, 0.2) is 5.82 Å². The van der Waals surface area contributed by atoms with Crippen LogP contribution in [0.15, 0.2) is 48.8 Å². The first-order valence-electron chi connectivity index (χ1n) is 8.99. The number of nitrogens with zero attached hydrogens (tertiary/aromatic N) is 5. The molecule has 0 bridgehead atoms. The Balaban J connectivity index is 1.62. The molecule has 0 radical (unpaired) electrons. The Morgan fingerprint density at radius 2 is 2.00 bits per heavy atom. The maximum atomic E-state index is 12.8. The molecular formula is C20H23N5O. The average Bonchev–Trinajstić information content (AvgIpc) is 3.16. The number of hydrogen-bond donors (Lipinski definition) is 0. The summed E-state index contributed by atoms with van der Waals surface area (Å²) in [6.07, 6.45) is 5.81. The minimum Gasteiger partial charge on any atom is -0.361 e. The maximum Gasteiger partial charge on any atom is 0.253 e. The molecule has 26 heavy (non-hydrogen) atoms. The van der Waals surface area contributed by atoms with Gasteiger partial charge in [-0.2, -0.15) is 5.10 Å². The van der Waals surface area contributed by atoms with Crippen LogP contribution in [0.4, 0.5) is 5.82 Å². The molecular weight excluding hydrogens is 326 g/mol. The molecule has 2 aromatic heterocycles. The smallest absolute Gasteiger partial charge is 0.253 e. The van der Waals surface area contributed by atoms with Gasteiger partial charge in [-0.15, -0.1) is 0 Å². The fourth-order valence-corrected chi connectivity index (χ4v) is 3.62. The van der Waals surface area contributed by atoms with Crippen LogP contribution in [0.25, 0.3) is 5.52 Å². The van der Waals surface area contributed by atoms with Gasteiger partial charge in [0.05, 0.1) is 18.1 Å². The minimum absolute atomic E-state index is 0.100. The summed E-state index contributed by atoms with van der Waals surface area (Å²) in [5, 5.41) is 4.39. The number of hydrogen-bond acceptors (Lipinski definition) is 4. The van der Waals surface area contributed by atoms with Crippen LogP contribution in [0.5, 0.6) is 0 Å². The van der Waals surface area contributed by atoms with Crippen LogP contribution in [-0.2, 0) is 0 Å². The van der Waals surface area contributed by atoms with Crippen LogP contribution < -0.4 is 4.90 Å². The van der Waals surface area contributed by atoms with E-state index in [4.69, 9.17) is 4.98 Å². The van der Waals surface area contributed by atoms with Crippen molar-refractivity contribution in [3.05, 3.63) is 60.0 Å². The number of benzene rings is 1. The van der Waals surface area contributed by atoms with Crippen molar-refractivity contribution < 1.29 is 4.79 Å². The Morgan fingerprint density at radius 1 is 1.19 bits per heavy atom. The highest BCUT2D eigenvalue weighted by Gasteiger charge is 2.27. The van der Waals surface area contributed by atoms with Crippen molar-refractivity contribution in [1.82, 2.24) is 19.5 Å². The Morgan fingerprint density at radius 3 is 2.77 bits per heavy atom. The first-order valence-corrected chi connectivity index (χ1v) is 8.99. The van der Waals surface area contributed by atoms with Gasteiger partial charge in [-0.25, -0.2) is 9.50 Å². The zero-order chi connectivity index (χ0) is 18.1. The SMILES string of the molecule is CN(C)c1nc([C@H]2CCCN(C(=O)c3ccccc3)C2)cn2nccc12. The first kappa shape index (κ1) is 16.6. The summed E-state index contributed by atoms with van der Waals surface area (Å²) in [5.41, 5.74) is 2.74. The van der Waals surface area contributed by atoms with Crippen molar-refractivity contribution in [2.24, 2.45) is 0 Å². The third-order valence-electron chi connectivity index (χ3n) is 4.96. The lowest BCUT2D eigenvalue weighted by Gasteiger charge is -2.33. The Labute approximate surface area is 153 Å².